The lowest BCUT2D eigenvalue weighted by Gasteiger charge is -2.39. The predicted molar refractivity (Wildman–Crippen MR) is 350 cm³/mol. The average molecular weight is 1860 g/mol. The Bertz CT molecular complexity index is 3920. The van der Waals surface area contributed by atoms with Crippen LogP contribution >= 0.6 is 0 Å². The molecular formula is C74H64F36O14. The second-order valence-corrected chi connectivity index (χ2v) is 27.3. The van der Waals surface area contributed by atoms with Crippen LogP contribution in [0.5, 0.6) is 23.0 Å². The number of halogens is 36. The van der Waals surface area contributed by atoms with Crippen LogP contribution in [-0.4, -0.2) is 211 Å². The number of benzene rings is 6. The molecular weight excluding hydrogens is 1800 g/mol. The lowest BCUT2D eigenvalue weighted by molar-refractivity contribution is -0.400. The Kier molecular flexibility index (Phi) is 31.4. The van der Waals surface area contributed by atoms with Crippen LogP contribution in [0, 0.1) is 0 Å². The highest BCUT2D eigenvalue weighted by Crippen LogP contribution is 2.60. The van der Waals surface area contributed by atoms with Crippen molar-refractivity contribution in [3.05, 3.63) is 191 Å². The predicted octanol–water partition coefficient (Wildman–Crippen LogP) is 19.9. The van der Waals surface area contributed by atoms with E-state index in [4.69, 9.17) is 28.4 Å². The van der Waals surface area contributed by atoms with Crippen LogP contribution in [0.25, 0.3) is 0 Å². The molecule has 4 aliphatic heterocycles. The van der Waals surface area contributed by atoms with E-state index in [0.29, 0.717) is 86.0 Å². The largest absolute Gasteiger partial charge is 0.491 e. The zero-order valence-electron chi connectivity index (χ0n) is 62.4. The van der Waals surface area contributed by atoms with Gasteiger partial charge in [-0.05, 0) is 84.6 Å². The van der Waals surface area contributed by atoms with Crippen molar-refractivity contribution in [2.75, 3.05) is 79.3 Å². The van der Waals surface area contributed by atoms with E-state index in [2.05, 4.69) is 28.4 Å². The topological polar surface area (TPSA) is 164 Å². The number of ether oxygens (including phenoxy) is 12. The minimum absolute atomic E-state index is 0.0324. The van der Waals surface area contributed by atoms with Crippen LogP contribution in [0.4, 0.5) is 158 Å². The van der Waals surface area contributed by atoms with Crippen LogP contribution in [0.3, 0.4) is 0 Å². The Balaban J connectivity index is 0.000000268. The molecule has 0 amide bonds. The van der Waals surface area contributed by atoms with Gasteiger partial charge in [0.1, 0.15) is 86.0 Å². The van der Waals surface area contributed by atoms with E-state index in [1.165, 1.54) is 0 Å². The first-order valence-electron chi connectivity index (χ1n) is 34.9. The van der Waals surface area contributed by atoms with E-state index < -0.39 is 205 Å². The van der Waals surface area contributed by atoms with Crippen molar-refractivity contribution >= 4 is 0 Å². The number of hydrogen-bond donors (Lipinski definition) is 2. The van der Waals surface area contributed by atoms with Gasteiger partial charge in [0, 0.05) is 11.1 Å². The van der Waals surface area contributed by atoms with Gasteiger partial charge in [0.2, 0.25) is 10.8 Å². The van der Waals surface area contributed by atoms with Gasteiger partial charge in [0.15, 0.2) is 0 Å². The fourth-order valence-electron chi connectivity index (χ4n) is 11.1. The Morgan fingerprint density at radius 3 is 0.645 bits per heavy atom. The van der Waals surface area contributed by atoms with E-state index in [1.807, 2.05) is 0 Å². The molecule has 4 unspecified atom stereocenters. The summed E-state index contributed by atoms with van der Waals surface area (Å²) in [6.45, 7) is -5.49. The quantitative estimate of drug-likeness (QED) is 0.0323. The molecule has 4 saturated heterocycles. The first-order valence-corrected chi connectivity index (χ1v) is 34.9. The zero-order chi connectivity index (χ0) is 93.6. The van der Waals surface area contributed by atoms with E-state index in [9.17, 15) is 168 Å². The van der Waals surface area contributed by atoms with Crippen LogP contribution in [0.15, 0.2) is 158 Å². The van der Waals surface area contributed by atoms with Crippen LogP contribution in [0.1, 0.15) is 47.2 Å². The first kappa shape index (κ1) is 103. The molecule has 4 heterocycles. The number of alkyl halides is 36. The van der Waals surface area contributed by atoms with Gasteiger partial charge in [0.25, 0.3) is 22.4 Å². The highest BCUT2D eigenvalue weighted by molar-refractivity contribution is 5.49. The molecule has 0 radical (unpaired) electrons. The van der Waals surface area contributed by atoms with Gasteiger partial charge < -0.3 is 67.1 Å². The van der Waals surface area contributed by atoms with Crippen LogP contribution < -0.4 is 18.9 Å². The van der Waals surface area contributed by atoms with Crippen molar-refractivity contribution in [1.82, 2.24) is 0 Å². The van der Waals surface area contributed by atoms with Crippen LogP contribution in [-0.2, 0) is 59.9 Å². The molecule has 10 rings (SSSR count). The van der Waals surface area contributed by atoms with Gasteiger partial charge >= 0.3 is 74.1 Å². The number of rotatable bonds is 30. The molecule has 4 aliphatic rings. The highest BCUT2D eigenvalue weighted by Gasteiger charge is 2.78. The SMILES string of the molecule is CC(OCC1CO1)(C(F)(F)F)C(F)(F)F.CC(OCC1CO1)(C(F)(F)F)C(F)(F)F.OC(COC(c1ccccc1)(C(F)(F)F)C(F)(F)F)COC(c1ccccc1)(C(F)(F)F)C(F)(F)F.OC(COc1ccc(C(c2ccc(OCC3CO3)cc2)(C(F)(F)F)C(F)(F)F)cc1)COc1ccc(C(c2ccc(OCC3CO3)cc2)(C(F)(F)F)C(F)(F)F)cc1. The molecule has 696 valence electrons. The van der Waals surface area contributed by atoms with Crippen molar-refractivity contribution in [2.24, 2.45) is 0 Å². The molecule has 6 aromatic carbocycles. The molecule has 0 saturated carbocycles. The standard InChI is InChI=1S/C39H32F12O7.C21H16F12O3.2C7H8F6O2/c40-36(41,42)34(37(43,44)45,25-5-13-30(14-6-25)55-19-32-21-57-32)23-1-9-28(10-2-23)53-17-27(52)18-54-29-11-3-24(4-12-29)35(38(46,47)48,39(49,50)51)26-7-15-31(16-8-26)56-20-33-22-58-33;22-18(23,24)16(19(25,26)27,13-7-3-1-4-8-13)35-11-15(34)12-36-17(20(28,29)30,21(31,32)33)14-9-5-2-6-10-14;2*1-5(6(8,9)10,7(11,12)13)15-3-4-2-14-4/h1-16,27,32-33,52H,17-22H2;1-10,15,34H,11-12H2;2*4H,2-3H2,1H3. The van der Waals surface area contributed by atoms with Crippen molar-refractivity contribution < 1.29 is 225 Å². The summed E-state index contributed by atoms with van der Waals surface area (Å²) in [5.41, 5.74) is -34.9. The minimum atomic E-state index is -6.20. The normalized spacial score (nSPS) is 18.2. The molecule has 4 fully saturated rings. The second-order valence-electron chi connectivity index (χ2n) is 27.3. The van der Waals surface area contributed by atoms with E-state index in [0.717, 1.165) is 84.9 Å². The third-order valence-corrected chi connectivity index (χ3v) is 18.4. The second kappa shape index (κ2) is 37.9. The zero-order valence-corrected chi connectivity index (χ0v) is 62.4. The molecule has 0 bridgehead atoms. The lowest BCUT2D eigenvalue weighted by atomic mass is 9.73. The molecule has 6 aromatic rings. The summed E-state index contributed by atoms with van der Waals surface area (Å²) in [5.74, 6) is -0.420. The van der Waals surface area contributed by atoms with Gasteiger partial charge in [-0.15, -0.1) is 0 Å². The molecule has 0 aliphatic carbocycles. The summed E-state index contributed by atoms with van der Waals surface area (Å²) < 4.78 is 541. The van der Waals surface area contributed by atoms with Gasteiger partial charge in [-0.25, -0.2) is 0 Å². The summed E-state index contributed by atoms with van der Waals surface area (Å²) in [4.78, 5) is 0. The Morgan fingerprint density at radius 2 is 0.452 bits per heavy atom. The lowest BCUT2D eigenvalue weighted by Crippen LogP contribution is -2.58. The highest BCUT2D eigenvalue weighted by atomic mass is 19.5. The van der Waals surface area contributed by atoms with E-state index >= 15 is 0 Å². The van der Waals surface area contributed by atoms with Crippen molar-refractivity contribution in [2.45, 2.75) is 158 Å². The van der Waals surface area contributed by atoms with Crippen molar-refractivity contribution in [3.63, 3.8) is 0 Å². The Morgan fingerprint density at radius 1 is 0.250 bits per heavy atom. The van der Waals surface area contributed by atoms with Gasteiger partial charge in [-0.1, -0.05) is 109 Å². The summed E-state index contributed by atoms with van der Waals surface area (Å²) in [5, 5.41) is 20.2. The van der Waals surface area contributed by atoms with Gasteiger partial charge in [0.05, 0.1) is 52.9 Å². The molecule has 4 atom stereocenters. The summed E-state index contributed by atoms with van der Waals surface area (Å²) in [6.07, 6.45) is -76.3. The van der Waals surface area contributed by atoms with Crippen molar-refractivity contribution in [1.29, 1.82) is 0 Å². The van der Waals surface area contributed by atoms with E-state index in [-0.39, 0.29) is 75.5 Å². The maximum Gasteiger partial charge on any atom is 0.430 e. The van der Waals surface area contributed by atoms with Crippen molar-refractivity contribution in [3.8, 4) is 23.0 Å². The Hall–Kier alpha value is -8.40. The number of aliphatic hydroxyl groups is 2. The van der Waals surface area contributed by atoms with E-state index in [1.54, 1.807) is 0 Å². The maximum atomic E-state index is 14.6. The summed E-state index contributed by atoms with van der Waals surface area (Å²) in [7, 11) is 0. The molecule has 14 nitrogen and oxygen atoms in total. The third-order valence-electron chi connectivity index (χ3n) is 18.4. The number of hydrogen-bond acceptors (Lipinski definition) is 14. The van der Waals surface area contributed by atoms with Crippen LogP contribution in [0.2, 0.25) is 0 Å². The van der Waals surface area contributed by atoms with Gasteiger partial charge in [-0.3, -0.25) is 0 Å². The smallest absolute Gasteiger partial charge is 0.430 e. The first-order chi connectivity index (χ1) is 56.6. The maximum absolute atomic E-state index is 14.6. The molecule has 0 spiro atoms. The number of aliphatic hydroxyl groups excluding tert-OH is 2. The fraction of sp³-hybridized carbons (Fsp3) is 0.514. The third kappa shape index (κ3) is 23.5. The minimum Gasteiger partial charge on any atom is -0.491 e. The molecule has 124 heavy (non-hydrogen) atoms. The molecule has 50 heteroatoms. The Labute approximate surface area is 674 Å². The summed E-state index contributed by atoms with van der Waals surface area (Å²) >= 11 is 0. The monoisotopic (exact) mass is 1860 g/mol. The fourth-order valence-corrected chi connectivity index (χ4v) is 11.1. The summed E-state index contributed by atoms with van der Waals surface area (Å²) in [6, 6.07) is 19.3. The molecule has 0 aromatic heterocycles. The number of epoxide rings is 4. The van der Waals surface area contributed by atoms with Gasteiger partial charge in [-0.2, -0.15) is 158 Å². The molecule has 2 N–H and O–H groups in total. The average Bonchev–Trinajstić information content (AvgIpc) is 1.40.